The van der Waals surface area contributed by atoms with Crippen molar-refractivity contribution in [3.05, 3.63) is 21.9 Å². The SMILES string of the molecule is NC(=S)NC1CCCc2sccc21. The summed E-state index contributed by atoms with van der Waals surface area (Å²) in [7, 11) is 0. The number of nitrogens with one attached hydrogen (secondary N) is 1. The Bertz CT molecular complexity index is 319. The fraction of sp³-hybridized carbons (Fsp3) is 0.444. The summed E-state index contributed by atoms with van der Waals surface area (Å²) in [4.78, 5) is 1.49. The van der Waals surface area contributed by atoms with Crippen LogP contribution in [0.1, 0.15) is 29.3 Å². The normalized spacial score (nSPS) is 20.8. The van der Waals surface area contributed by atoms with Gasteiger partial charge in [-0.25, -0.2) is 0 Å². The highest BCUT2D eigenvalue weighted by Gasteiger charge is 2.20. The highest BCUT2D eigenvalue weighted by atomic mass is 32.1. The molecule has 0 aromatic carbocycles. The first kappa shape index (κ1) is 8.97. The molecule has 1 heterocycles. The molecule has 0 saturated heterocycles. The van der Waals surface area contributed by atoms with Gasteiger partial charge in [0.25, 0.3) is 0 Å². The zero-order chi connectivity index (χ0) is 9.26. The molecule has 0 saturated carbocycles. The maximum atomic E-state index is 5.47. The Hall–Kier alpha value is -0.610. The molecule has 1 aliphatic rings. The molecule has 0 bridgehead atoms. The maximum absolute atomic E-state index is 5.47. The van der Waals surface area contributed by atoms with Crippen molar-refractivity contribution < 1.29 is 0 Å². The van der Waals surface area contributed by atoms with Gasteiger partial charge in [-0.2, -0.15) is 0 Å². The monoisotopic (exact) mass is 212 g/mol. The van der Waals surface area contributed by atoms with Crippen LogP contribution in [0.25, 0.3) is 0 Å². The van der Waals surface area contributed by atoms with Crippen LogP contribution in [0.3, 0.4) is 0 Å². The molecule has 1 aromatic rings. The lowest BCUT2D eigenvalue weighted by Crippen LogP contribution is -2.34. The van der Waals surface area contributed by atoms with E-state index >= 15 is 0 Å². The van der Waals surface area contributed by atoms with E-state index in [9.17, 15) is 0 Å². The van der Waals surface area contributed by atoms with Gasteiger partial charge in [0.05, 0.1) is 6.04 Å². The predicted molar refractivity (Wildman–Crippen MR) is 59.9 cm³/mol. The quantitative estimate of drug-likeness (QED) is 0.699. The Morgan fingerprint density at radius 2 is 2.54 bits per heavy atom. The molecular formula is C9H12N2S2. The minimum atomic E-state index is 0.354. The van der Waals surface area contributed by atoms with Gasteiger partial charge in [0, 0.05) is 4.88 Å². The van der Waals surface area contributed by atoms with Crippen LogP contribution < -0.4 is 11.1 Å². The van der Waals surface area contributed by atoms with E-state index in [-0.39, 0.29) is 0 Å². The first-order valence-electron chi connectivity index (χ1n) is 4.39. The van der Waals surface area contributed by atoms with Crippen LogP contribution in [0, 0.1) is 0 Å². The molecule has 1 aliphatic carbocycles. The summed E-state index contributed by atoms with van der Waals surface area (Å²) in [6, 6.07) is 2.53. The predicted octanol–water partition coefficient (Wildman–Crippen LogP) is 1.96. The van der Waals surface area contributed by atoms with Gasteiger partial charge >= 0.3 is 0 Å². The highest BCUT2D eigenvalue weighted by molar-refractivity contribution is 7.80. The molecule has 1 unspecified atom stereocenters. The molecule has 2 rings (SSSR count). The van der Waals surface area contributed by atoms with Gasteiger partial charge in [-0.15, -0.1) is 11.3 Å². The van der Waals surface area contributed by atoms with Crippen LogP contribution in [-0.2, 0) is 6.42 Å². The lowest BCUT2D eigenvalue weighted by molar-refractivity contribution is 0.534. The summed E-state index contributed by atoms with van der Waals surface area (Å²) in [5, 5.41) is 5.69. The Morgan fingerprint density at radius 3 is 3.31 bits per heavy atom. The Morgan fingerprint density at radius 1 is 1.69 bits per heavy atom. The third-order valence-electron chi connectivity index (χ3n) is 2.37. The van der Waals surface area contributed by atoms with Crippen LogP contribution in [-0.4, -0.2) is 5.11 Å². The molecule has 1 aromatic heterocycles. The molecule has 1 atom stereocenters. The van der Waals surface area contributed by atoms with Crippen molar-refractivity contribution >= 4 is 28.7 Å². The first-order valence-corrected chi connectivity index (χ1v) is 5.68. The summed E-state index contributed by atoms with van der Waals surface area (Å²) in [6.07, 6.45) is 3.58. The summed E-state index contributed by atoms with van der Waals surface area (Å²) in [5.74, 6) is 0. The number of rotatable bonds is 1. The fourth-order valence-corrected chi connectivity index (χ4v) is 2.94. The van der Waals surface area contributed by atoms with Gasteiger partial charge < -0.3 is 11.1 Å². The molecule has 0 aliphatic heterocycles. The number of hydrogen-bond donors (Lipinski definition) is 2. The largest absolute Gasteiger partial charge is 0.376 e. The van der Waals surface area contributed by atoms with E-state index < -0.39 is 0 Å². The van der Waals surface area contributed by atoms with Gasteiger partial charge in [-0.1, -0.05) is 0 Å². The molecule has 4 heteroatoms. The van der Waals surface area contributed by atoms with Crippen LogP contribution >= 0.6 is 23.6 Å². The highest BCUT2D eigenvalue weighted by Crippen LogP contribution is 2.32. The summed E-state index contributed by atoms with van der Waals surface area (Å²) < 4.78 is 0. The fourth-order valence-electron chi connectivity index (χ4n) is 1.81. The van der Waals surface area contributed by atoms with Crippen LogP contribution in [0.15, 0.2) is 11.4 Å². The van der Waals surface area contributed by atoms with E-state index in [0.717, 1.165) is 6.42 Å². The Kier molecular flexibility index (Phi) is 2.51. The zero-order valence-corrected chi connectivity index (χ0v) is 8.88. The van der Waals surface area contributed by atoms with E-state index in [2.05, 4.69) is 16.8 Å². The average molecular weight is 212 g/mol. The van der Waals surface area contributed by atoms with Crippen molar-refractivity contribution in [1.29, 1.82) is 0 Å². The molecule has 70 valence electrons. The smallest absolute Gasteiger partial charge is 0.164 e. The number of thiophene rings is 1. The standard InChI is InChI=1S/C9H12N2S2/c10-9(12)11-7-2-1-3-8-6(7)4-5-13-8/h4-5,7H,1-3H2,(H3,10,11,12). The van der Waals surface area contributed by atoms with Crippen molar-refractivity contribution in [2.45, 2.75) is 25.3 Å². The molecular weight excluding hydrogens is 200 g/mol. The van der Waals surface area contributed by atoms with Crippen molar-refractivity contribution in [1.82, 2.24) is 5.32 Å². The Labute approximate surface area is 87.1 Å². The lowest BCUT2D eigenvalue weighted by Gasteiger charge is -2.23. The third-order valence-corrected chi connectivity index (χ3v) is 3.48. The van der Waals surface area contributed by atoms with Crippen LogP contribution in [0.2, 0.25) is 0 Å². The van der Waals surface area contributed by atoms with Gasteiger partial charge in [-0.3, -0.25) is 0 Å². The van der Waals surface area contributed by atoms with Crippen molar-refractivity contribution in [3.63, 3.8) is 0 Å². The minimum Gasteiger partial charge on any atom is -0.376 e. The number of thiocarbonyl (C=S) groups is 1. The molecule has 0 spiro atoms. The number of nitrogens with two attached hydrogens (primary N) is 1. The molecule has 3 N–H and O–H groups in total. The summed E-state index contributed by atoms with van der Waals surface area (Å²) in [6.45, 7) is 0. The second kappa shape index (κ2) is 3.64. The van der Waals surface area contributed by atoms with Gasteiger partial charge in [-0.05, 0) is 48.5 Å². The van der Waals surface area contributed by atoms with Crippen molar-refractivity contribution in [2.24, 2.45) is 5.73 Å². The first-order chi connectivity index (χ1) is 6.27. The molecule has 13 heavy (non-hydrogen) atoms. The lowest BCUT2D eigenvalue weighted by atomic mass is 9.94. The van der Waals surface area contributed by atoms with Crippen molar-refractivity contribution in [3.8, 4) is 0 Å². The molecule has 0 radical (unpaired) electrons. The van der Waals surface area contributed by atoms with Crippen molar-refractivity contribution in [2.75, 3.05) is 0 Å². The summed E-state index contributed by atoms with van der Waals surface area (Å²) in [5.41, 5.74) is 6.87. The van der Waals surface area contributed by atoms with Gasteiger partial charge in [0.1, 0.15) is 0 Å². The van der Waals surface area contributed by atoms with Gasteiger partial charge in [0.2, 0.25) is 0 Å². The number of hydrogen-bond acceptors (Lipinski definition) is 2. The van der Waals surface area contributed by atoms with E-state index in [4.69, 9.17) is 18.0 Å². The zero-order valence-electron chi connectivity index (χ0n) is 7.25. The van der Waals surface area contributed by atoms with E-state index in [0.29, 0.717) is 11.2 Å². The second-order valence-electron chi connectivity index (χ2n) is 3.25. The van der Waals surface area contributed by atoms with Gasteiger partial charge in [0.15, 0.2) is 5.11 Å². The number of aryl methyl sites for hydroxylation is 1. The Balaban J connectivity index is 2.20. The minimum absolute atomic E-state index is 0.354. The van der Waals surface area contributed by atoms with Crippen LogP contribution in [0.5, 0.6) is 0 Å². The van der Waals surface area contributed by atoms with E-state index in [1.54, 1.807) is 0 Å². The maximum Gasteiger partial charge on any atom is 0.164 e. The third kappa shape index (κ3) is 1.84. The second-order valence-corrected chi connectivity index (χ2v) is 4.69. The summed E-state index contributed by atoms with van der Waals surface area (Å²) >= 11 is 6.68. The molecule has 0 amide bonds. The van der Waals surface area contributed by atoms with E-state index in [1.807, 2.05) is 11.3 Å². The molecule has 0 fully saturated rings. The van der Waals surface area contributed by atoms with Crippen LogP contribution in [0.4, 0.5) is 0 Å². The van der Waals surface area contributed by atoms with E-state index in [1.165, 1.54) is 23.3 Å². The number of fused-ring (bicyclic) bond motifs is 1. The average Bonchev–Trinajstić information content (AvgIpc) is 2.51. The molecule has 2 nitrogen and oxygen atoms in total. The topological polar surface area (TPSA) is 38.0 Å².